The number of hydrogen-bond donors (Lipinski definition) is 1. The molecule has 0 aliphatic rings. The lowest BCUT2D eigenvalue weighted by Crippen LogP contribution is -2.23. The minimum Gasteiger partial charge on any atom is -0.326 e. The van der Waals surface area contributed by atoms with Crippen LogP contribution in [-0.4, -0.2) is 15.5 Å². The zero-order valence-corrected chi connectivity index (χ0v) is 16.7. The second-order valence-corrected chi connectivity index (χ2v) is 7.13. The largest absolute Gasteiger partial charge is 0.326 e. The van der Waals surface area contributed by atoms with Crippen LogP contribution < -0.4 is 10.9 Å². The molecule has 3 aromatic rings. The summed E-state index contributed by atoms with van der Waals surface area (Å²) >= 11 is 0. The fourth-order valence-corrected chi connectivity index (χ4v) is 3.59. The summed E-state index contributed by atoms with van der Waals surface area (Å²) in [6.45, 7) is 6.02. The van der Waals surface area contributed by atoms with E-state index in [9.17, 15) is 9.59 Å². The number of carbonyl (C=O) groups is 1. The Kier molecular flexibility index (Phi) is 6.24. The molecule has 1 heterocycles. The lowest BCUT2D eigenvalue weighted by molar-refractivity contribution is -0.120. The average molecular weight is 377 g/mol. The maximum atomic E-state index is 12.9. The smallest absolute Gasteiger partial charge is 0.265 e. The normalized spacial score (nSPS) is 11.1. The molecule has 0 saturated carbocycles. The van der Waals surface area contributed by atoms with Gasteiger partial charge in [0.2, 0.25) is 5.91 Å². The predicted octanol–water partition coefficient (Wildman–Crippen LogP) is 4.85. The molecule has 28 heavy (non-hydrogen) atoms. The van der Waals surface area contributed by atoms with Gasteiger partial charge in [-0.05, 0) is 56.2 Å². The highest BCUT2D eigenvalue weighted by atomic mass is 16.2. The van der Waals surface area contributed by atoms with Crippen molar-refractivity contribution in [1.82, 2.24) is 9.55 Å². The summed E-state index contributed by atoms with van der Waals surface area (Å²) in [5.41, 5.74) is 2.08. The molecule has 5 nitrogen and oxygen atoms in total. The molecule has 0 unspecified atom stereocenters. The number of nitrogens with one attached hydrogen (secondary N) is 1. The Hall–Kier alpha value is -2.95. The summed E-state index contributed by atoms with van der Waals surface area (Å²) in [5, 5.41) is 3.60. The quantitative estimate of drug-likeness (QED) is 0.640. The molecule has 0 fully saturated rings. The molecule has 5 heteroatoms. The average Bonchev–Trinajstić information content (AvgIpc) is 2.69. The fraction of sp³-hybridized carbons (Fsp3) is 0.348. The predicted molar refractivity (Wildman–Crippen MR) is 114 cm³/mol. The van der Waals surface area contributed by atoms with Crippen molar-refractivity contribution >= 4 is 22.5 Å². The number of rotatable bonds is 7. The lowest BCUT2D eigenvalue weighted by atomic mass is 9.97. The third kappa shape index (κ3) is 4.14. The Labute approximate surface area is 165 Å². The van der Waals surface area contributed by atoms with Crippen LogP contribution in [0.2, 0.25) is 0 Å². The third-order valence-electron chi connectivity index (χ3n) is 4.98. The zero-order valence-electron chi connectivity index (χ0n) is 16.7. The molecule has 1 amide bonds. The van der Waals surface area contributed by atoms with Gasteiger partial charge in [0.1, 0.15) is 5.82 Å². The van der Waals surface area contributed by atoms with Gasteiger partial charge in [0.15, 0.2) is 0 Å². The third-order valence-corrected chi connectivity index (χ3v) is 4.98. The van der Waals surface area contributed by atoms with Crippen LogP contribution in [0.15, 0.2) is 53.3 Å². The summed E-state index contributed by atoms with van der Waals surface area (Å²) in [6.07, 6.45) is 3.78. The lowest BCUT2D eigenvalue weighted by Gasteiger charge is -2.16. The molecular weight excluding hydrogens is 350 g/mol. The number of aryl methyl sites for hydroxylation is 1. The number of aromatic nitrogens is 2. The van der Waals surface area contributed by atoms with Gasteiger partial charge in [-0.25, -0.2) is 4.98 Å². The zero-order chi connectivity index (χ0) is 20.1. The number of carbonyl (C=O) groups excluding carboxylic acids is 1. The van der Waals surface area contributed by atoms with Crippen molar-refractivity contribution in [1.29, 1.82) is 0 Å². The first-order chi connectivity index (χ1) is 13.5. The van der Waals surface area contributed by atoms with Gasteiger partial charge >= 0.3 is 0 Å². The topological polar surface area (TPSA) is 64.0 Å². The molecule has 0 aliphatic heterocycles. The number of fused-ring (bicyclic) bond motifs is 1. The van der Waals surface area contributed by atoms with E-state index in [1.54, 1.807) is 10.6 Å². The maximum Gasteiger partial charge on any atom is 0.265 e. The van der Waals surface area contributed by atoms with Gasteiger partial charge in [0.25, 0.3) is 5.56 Å². The van der Waals surface area contributed by atoms with Crippen LogP contribution >= 0.6 is 0 Å². The maximum absolute atomic E-state index is 12.9. The Morgan fingerprint density at radius 2 is 1.68 bits per heavy atom. The summed E-state index contributed by atoms with van der Waals surface area (Å²) < 4.78 is 1.60. The molecule has 1 aromatic heterocycles. The van der Waals surface area contributed by atoms with E-state index >= 15 is 0 Å². The van der Waals surface area contributed by atoms with Gasteiger partial charge in [0, 0.05) is 11.6 Å². The van der Waals surface area contributed by atoms with Gasteiger partial charge in [-0.2, -0.15) is 0 Å². The minimum absolute atomic E-state index is 0.0456. The van der Waals surface area contributed by atoms with Crippen LogP contribution in [0.1, 0.15) is 45.4 Å². The first kappa shape index (κ1) is 19.8. The molecule has 0 aliphatic carbocycles. The number of hydrogen-bond acceptors (Lipinski definition) is 3. The molecule has 0 bridgehead atoms. The van der Waals surface area contributed by atoms with Crippen molar-refractivity contribution in [3.05, 3.63) is 64.7 Å². The molecule has 0 atom stereocenters. The highest BCUT2D eigenvalue weighted by Crippen LogP contribution is 2.19. The van der Waals surface area contributed by atoms with E-state index in [0.29, 0.717) is 16.7 Å². The van der Waals surface area contributed by atoms with Crippen molar-refractivity contribution in [2.45, 2.75) is 46.5 Å². The van der Waals surface area contributed by atoms with E-state index in [1.807, 2.05) is 49.4 Å². The Balaban J connectivity index is 1.86. The van der Waals surface area contributed by atoms with E-state index in [-0.39, 0.29) is 17.4 Å². The SMILES string of the molecule is CCCC(CCC)C(=O)Nc1ccc(-n2c(C)nc3ccccc3c2=O)cc1. The summed E-state index contributed by atoms with van der Waals surface area (Å²) in [4.78, 5) is 30.0. The van der Waals surface area contributed by atoms with E-state index in [1.165, 1.54) is 0 Å². The Morgan fingerprint density at radius 3 is 2.32 bits per heavy atom. The second kappa shape index (κ2) is 8.83. The number of amides is 1. The molecule has 3 rings (SSSR count). The number of anilines is 1. The second-order valence-electron chi connectivity index (χ2n) is 7.13. The first-order valence-corrected chi connectivity index (χ1v) is 9.94. The van der Waals surface area contributed by atoms with Crippen molar-refractivity contribution in [2.24, 2.45) is 5.92 Å². The minimum atomic E-state index is -0.0918. The van der Waals surface area contributed by atoms with Crippen LogP contribution in [0.5, 0.6) is 0 Å². The number of nitrogens with zero attached hydrogens (tertiary/aromatic N) is 2. The standard InChI is InChI=1S/C23H27N3O2/c1-4-8-17(9-5-2)22(27)25-18-12-14-19(15-13-18)26-16(3)24-21-11-7-6-10-20(21)23(26)28/h6-7,10-15,17H,4-5,8-9H2,1-3H3,(H,25,27). The van der Waals surface area contributed by atoms with E-state index in [2.05, 4.69) is 24.1 Å². The van der Waals surface area contributed by atoms with Crippen molar-refractivity contribution in [3.63, 3.8) is 0 Å². The van der Waals surface area contributed by atoms with E-state index in [4.69, 9.17) is 0 Å². The highest BCUT2D eigenvalue weighted by Gasteiger charge is 2.17. The molecule has 0 radical (unpaired) electrons. The van der Waals surface area contributed by atoms with Crippen molar-refractivity contribution < 1.29 is 4.79 Å². The molecule has 2 aromatic carbocycles. The molecule has 0 saturated heterocycles. The van der Waals surface area contributed by atoms with Crippen molar-refractivity contribution in [3.8, 4) is 5.69 Å². The van der Waals surface area contributed by atoms with Gasteiger partial charge in [0.05, 0.1) is 16.6 Å². The molecule has 0 spiro atoms. The van der Waals surface area contributed by atoms with Crippen LogP contribution in [0, 0.1) is 12.8 Å². The number of benzene rings is 2. The summed E-state index contributed by atoms with van der Waals surface area (Å²) in [6, 6.07) is 14.7. The summed E-state index contributed by atoms with van der Waals surface area (Å²) in [5.74, 6) is 0.743. The van der Waals surface area contributed by atoms with E-state index in [0.717, 1.165) is 37.1 Å². The van der Waals surface area contributed by atoms with Crippen LogP contribution in [0.4, 0.5) is 5.69 Å². The Morgan fingerprint density at radius 1 is 1.04 bits per heavy atom. The van der Waals surface area contributed by atoms with Gasteiger partial charge in [-0.1, -0.05) is 38.8 Å². The van der Waals surface area contributed by atoms with Crippen molar-refractivity contribution in [2.75, 3.05) is 5.32 Å². The van der Waals surface area contributed by atoms with Crippen LogP contribution in [-0.2, 0) is 4.79 Å². The molecule has 1 N–H and O–H groups in total. The number of para-hydroxylation sites is 1. The summed E-state index contributed by atoms with van der Waals surface area (Å²) in [7, 11) is 0. The first-order valence-electron chi connectivity index (χ1n) is 9.94. The van der Waals surface area contributed by atoms with Gasteiger partial charge in [-0.3, -0.25) is 14.2 Å². The Bertz CT molecular complexity index is 1020. The van der Waals surface area contributed by atoms with Crippen LogP contribution in [0.3, 0.4) is 0 Å². The molecule has 146 valence electrons. The highest BCUT2D eigenvalue weighted by molar-refractivity contribution is 5.92. The van der Waals surface area contributed by atoms with Gasteiger partial charge < -0.3 is 5.32 Å². The van der Waals surface area contributed by atoms with Gasteiger partial charge in [-0.15, -0.1) is 0 Å². The fourth-order valence-electron chi connectivity index (χ4n) is 3.59. The van der Waals surface area contributed by atoms with Crippen LogP contribution in [0.25, 0.3) is 16.6 Å². The van der Waals surface area contributed by atoms with E-state index < -0.39 is 0 Å². The monoisotopic (exact) mass is 377 g/mol. The molecular formula is C23H27N3O2.